The fraction of sp³-hybridized carbons (Fsp3) is 0.179. The van der Waals surface area contributed by atoms with E-state index in [4.69, 9.17) is 11.6 Å². The largest absolute Gasteiger partial charge is 0.434 e. The summed E-state index contributed by atoms with van der Waals surface area (Å²) in [5.74, 6) is -0.157. The highest BCUT2D eigenvalue weighted by Crippen LogP contribution is 2.45. The zero-order valence-electron chi connectivity index (χ0n) is 22.6. The second kappa shape index (κ2) is 10.7. The van der Waals surface area contributed by atoms with Gasteiger partial charge in [-0.15, -0.1) is 5.10 Å². The molecule has 2 heterocycles. The topological polar surface area (TPSA) is 103 Å². The van der Waals surface area contributed by atoms with Gasteiger partial charge in [-0.2, -0.15) is 26.3 Å². The van der Waals surface area contributed by atoms with Crippen molar-refractivity contribution in [2.75, 3.05) is 6.26 Å². The van der Waals surface area contributed by atoms with Crippen LogP contribution in [0.3, 0.4) is 0 Å². The molecule has 5 aromatic rings. The average molecular weight is 656 g/mol. The molecule has 44 heavy (non-hydrogen) atoms. The molecule has 1 atom stereocenters. The van der Waals surface area contributed by atoms with Crippen molar-refractivity contribution in [3.05, 3.63) is 107 Å². The molecule has 0 aliphatic rings. The molecule has 0 amide bonds. The number of aryl methyl sites for hydroxylation is 1. The standard InChI is InChI=1S/C28H20ClF6N5O3S/c1-16-37-24(27(30,31)32)15-39(16)22-11-6-18(17-4-3-5-21(12-17)44(2,42)43)13-23(22)40-25(14-36-38-40)26(41,28(33,34)35)19-7-9-20(29)10-8-19/h3-15,41H,1-2H3. The lowest BCUT2D eigenvalue weighted by atomic mass is 9.89. The molecule has 5 rings (SSSR count). The molecule has 0 aliphatic carbocycles. The zero-order valence-corrected chi connectivity index (χ0v) is 24.1. The first kappa shape index (κ1) is 31.2. The van der Waals surface area contributed by atoms with E-state index in [1.54, 1.807) is 6.07 Å². The Kier molecular flexibility index (Phi) is 7.63. The lowest BCUT2D eigenvalue weighted by molar-refractivity contribution is -0.250. The van der Waals surface area contributed by atoms with Crippen molar-refractivity contribution >= 4 is 21.4 Å². The van der Waals surface area contributed by atoms with E-state index in [1.807, 2.05) is 0 Å². The number of imidazole rings is 1. The first-order valence-corrected chi connectivity index (χ1v) is 14.7. The van der Waals surface area contributed by atoms with Crippen LogP contribution < -0.4 is 0 Å². The highest BCUT2D eigenvalue weighted by Gasteiger charge is 2.58. The molecule has 0 fully saturated rings. The predicted molar refractivity (Wildman–Crippen MR) is 147 cm³/mol. The molecule has 230 valence electrons. The van der Waals surface area contributed by atoms with Crippen LogP contribution in [0.4, 0.5) is 26.3 Å². The summed E-state index contributed by atoms with van der Waals surface area (Å²) in [4.78, 5) is 3.51. The molecule has 0 aliphatic heterocycles. The van der Waals surface area contributed by atoms with Crippen LogP contribution >= 0.6 is 11.6 Å². The van der Waals surface area contributed by atoms with Crippen LogP contribution in [0.15, 0.2) is 84.0 Å². The lowest BCUT2D eigenvalue weighted by Gasteiger charge is -2.31. The predicted octanol–water partition coefficient (Wildman–Crippen LogP) is 6.30. The maximum Gasteiger partial charge on any atom is 0.434 e. The second-order valence-corrected chi connectivity index (χ2v) is 12.2. The Morgan fingerprint density at radius 3 is 2.14 bits per heavy atom. The van der Waals surface area contributed by atoms with E-state index in [2.05, 4.69) is 15.3 Å². The number of hydrogen-bond acceptors (Lipinski definition) is 6. The summed E-state index contributed by atoms with van der Waals surface area (Å²) in [6.45, 7) is 1.27. The van der Waals surface area contributed by atoms with Crippen molar-refractivity contribution in [3.63, 3.8) is 0 Å². The number of alkyl halides is 6. The fourth-order valence-electron chi connectivity index (χ4n) is 4.64. The third-order valence-corrected chi connectivity index (χ3v) is 8.19. The smallest absolute Gasteiger partial charge is 0.371 e. The molecular formula is C28H20ClF6N5O3S. The Bertz CT molecular complexity index is 1970. The summed E-state index contributed by atoms with van der Waals surface area (Å²) in [5.41, 5.74) is -6.20. The molecule has 3 aromatic carbocycles. The third kappa shape index (κ3) is 5.57. The molecule has 0 spiro atoms. The molecular weight excluding hydrogens is 636 g/mol. The van der Waals surface area contributed by atoms with Gasteiger partial charge in [0.15, 0.2) is 15.5 Å². The molecule has 8 nitrogen and oxygen atoms in total. The first-order valence-electron chi connectivity index (χ1n) is 12.5. The number of nitrogens with zero attached hydrogens (tertiary/aromatic N) is 5. The van der Waals surface area contributed by atoms with Crippen LogP contribution in [-0.4, -0.2) is 50.5 Å². The van der Waals surface area contributed by atoms with Crippen LogP contribution in [0.25, 0.3) is 22.5 Å². The Morgan fingerprint density at radius 2 is 1.55 bits per heavy atom. The van der Waals surface area contributed by atoms with Crippen molar-refractivity contribution < 1.29 is 39.9 Å². The number of hydrogen-bond donors (Lipinski definition) is 1. The summed E-state index contributed by atoms with van der Waals surface area (Å²) in [7, 11) is -3.64. The zero-order chi connectivity index (χ0) is 32.2. The van der Waals surface area contributed by atoms with Crippen LogP contribution in [-0.2, 0) is 21.6 Å². The average Bonchev–Trinajstić information content (AvgIpc) is 3.59. The maximum atomic E-state index is 14.7. The Labute approximate surface area is 251 Å². The van der Waals surface area contributed by atoms with E-state index in [9.17, 15) is 39.9 Å². The summed E-state index contributed by atoms with van der Waals surface area (Å²) in [5, 5.41) is 18.9. The van der Waals surface area contributed by atoms with Gasteiger partial charge in [0.2, 0.25) is 5.60 Å². The summed E-state index contributed by atoms with van der Waals surface area (Å²) < 4.78 is 111. The molecule has 0 radical (unpaired) electrons. The minimum absolute atomic E-state index is 0.0449. The summed E-state index contributed by atoms with van der Waals surface area (Å²) in [6.07, 6.45) is -7.81. The fourth-order valence-corrected chi connectivity index (χ4v) is 5.44. The lowest BCUT2D eigenvalue weighted by Crippen LogP contribution is -2.45. The van der Waals surface area contributed by atoms with Crippen LogP contribution in [0.5, 0.6) is 0 Å². The SMILES string of the molecule is Cc1nc(C(F)(F)F)cn1-c1ccc(-c2cccc(S(C)(=O)=O)c2)cc1-n1nncc1C(O)(c1ccc(Cl)cc1)C(F)(F)F. The van der Waals surface area contributed by atoms with Crippen molar-refractivity contribution in [2.45, 2.75) is 29.8 Å². The number of sulfone groups is 1. The Balaban J connectivity index is 1.81. The molecule has 0 saturated heterocycles. The third-order valence-electron chi connectivity index (χ3n) is 6.82. The van der Waals surface area contributed by atoms with Gasteiger partial charge in [-0.3, -0.25) is 0 Å². The first-order chi connectivity index (χ1) is 20.4. The second-order valence-electron chi connectivity index (χ2n) is 9.79. The van der Waals surface area contributed by atoms with Gasteiger partial charge < -0.3 is 9.67 Å². The van der Waals surface area contributed by atoms with E-state index in [-0.39, 0.29) is 32.7 Å². The van der Waals surface area contributed by atoms with Gasteiger partial charge in [0.05, 0.1) is 22.5 Å². The van der Waals surface area contributed by atoms with E-state index in [1.165, 1.54) is 43.3 Å². The van der Waals surface area contributed by atoms with Crippen LogP contribution in [0.2, 0.25) is 5.02 Å². The molecule has 2 aromatic heterocycles. The van der Waals surface area contributed by atoms with Crippen LogP contribution in [0, 0.1) is 6.92 Å². The van der Waals surface area contributed by atoms with E-state index < -0.39 is 44.7 Å². The number of aromatic nitrogens is 5. The number of aliphatic hydroxyl groups is 1. The van der Waals surface area contributed by atoms with Gasteiger partial charge in [0.25, 0.3) is 0 Å². The molecule has 0 saturated carbocycles. The minimum Gasteiger partial charge on any atom is -0.371 e. The van der Waals surface area contributed by atoms with E-state index in [0.29, 0.717) is 22.6 Å². The van der Waals surface area contributed by atoms with Crippen LogP contribution in [0.1, 0.15) is 22.8 Å². The van der Waals surface area contributed by atoms with Gasteiger partial charge in [-0.25, -0.2) is 18.1 Å². The Morgan fingerprint density at radius 1 is 0.886 bits per heavy atom. The quantitative estimate of drug-likeness (QED) is 0.215. The van der Waals surface area contributed by atoms with Gasteiger partial charge in [-0.05, 0) is 60.0 Å². The van der Waals surface area contributed by atoms with Crippen molar-refractivity contribution in [2.24, 2.45) is 0 Å². The number of halogens is 7. The minimum atomic E-state index is -5.34. The van der Waals surface area contributed by atoms with Gasteiger partial charge in [0.1, 0.15) is 11.5 Å². The van der Waals surface area contributed by atoms with E-state index >= 15 is 0 Å². The van der Waals surface area contributed by atoms with Crippen molar-refractivity contribution in [1.82, 2.24) is 24.5 Å². The molecule has 16 heteroatoms. The number of rotatable bonds is 6. The highest BCUT2D eigenvalue weighted by molar-refractivity contribution is 7.90. The van der Waals surface area contributed by atoms with Gasteiger partial charge in [0, 0.05) is 17.5 Å². The Hall–Kier alpha value is -4.21. The monoisotopic (exact) mass is 655 g/mol. The van der Waals surface area contributed by atoms with E-state index in [0.717, 1.165) is 35.1 Å². The number of benzene rings is 3. The molecule has 1 unspecified atom stereocenters. The summed E-state index contributed by atoms with van der Waals surface area (Å²) >= 11 is 5.86. The normalized spacial score (nSPS) is 14.0. The van der Waals surface area contributed by atoms with Crippen molar-refractivity contribution in [3.8, 4) is 22.5 Å². The highest BCUT2D eigenvalue weighted by atomic mass is 35.5. The molecule has 0 bridgehead atoms. The summed E-state index contributed by atoms with van der Waals surface area (Å²) in [6, 6.07) is 14.0. The maximum absolute atomic E-state index is 14.7. The van der Waals surface area contributed by atoms with Crippen molar-refractivity contribution in [1.29, 1.82) is 0 Å². The van der Waals surface area contributed by atoms with Gasteiger partial charge >= 0.3 is 12.4 Å². The molecule has 1 N–H and O–H groups in total. The van der Waals surface area contributed by atoms with Gasteiger partial charge in [-0.1, -0.05) is 47.1 Å².